The number of para-hydroxylation sites is 2. The molecular formula is C22H26N4O5S. The molecule has 0 unspecified atom stereocenters. The molecule has 0 radical (unpaired) electrons. The highest BCUT2D eigenvalue weighted by atomic mass is 32.1. The van der Waals surface area contributed by atoms with Crippen molar-refractivity contribution < 1.29 is 23.9 Å². The molecule has 1 N–H and O–H groups in total. The van der Waals surface area contributed by atoms with Crippen LogP contribution in [0.3, 0.4) is 0 Å². The second kappa shape index (κ2) is 8.42. The van der Waals surface area contributed by atoms with Crippen LogP contribution in [0.15, 0.2) is 24.3 Å². The van der Waals surface area contributed by atoms with E-state index in [9.17, 15) is 14.4 Å². The van der Waals surface area contributed by atoms with Gasteiger partial charge in [-0.15, -0.1) is 0 Å². The Bertz CT molecular complexity index is 1060. The highest BCUT2D eigenvalue weighted by molar-refractivity contribution is 7.15. The van der Waals surface area contributed by atoms with Crippen LogP contribution < -0.4 is 15.0 Å². The fraction of sp³-hybridized carbons (Fsp3) is 0.455. The summed E-state index contributed by atoms with van der Waals surface area (Å²) in [6.45, 7) is 7.98. The number of anilines is 2. The van der Waals surface area contributed by atoms with Crippen LogP contribution in [0, 0.1) is 0 Å². The number of rotatable bonds is 2. The molecule has 3 amide bonds. The summed E-state index contributed by atoms with van der Waals surface area (Å²) in [5.74, 6) is -0.0492. The van der Waals surface area contributed by atoms with Crippen LogP contribution >= 0.6 is 11.3 Å². The van der Waals surface area contributed by atoms with Crippen molar-refractivity contribution in [1.82, 2.24) is 9.88 Å². The van der Waals surface area contributed by atoms with Crippen LogP contribution in [-0.4, -0.2) is 52.6 Å². The molecule has 4 rings (SSSR count). The van der Waals surface area contributed by atoms with Crippen LogP contribution in [-0.2, 0) is 27.3 Å². The van der Waals surface area contributed by atoms with E-state index in [1.807, 2.05) is 26.8 Å². The molecule has 0 bridgehead atoms. The van der Waals surface area contributed by atoms with Crippen LogP contribution in [0.25, 0.3) is 0 Å². The number of hydrogen-bond donors (Lipinski definition) is 1. The van der Waals surface area contributed by atoms with Crippen molar-refractivity contribution >= 4 is 40.1 Å². The van der Waals surface area contributed by atoms with Crippen molar-refractivity contribution in [3.8, 4) is 5.75 Å². The molecule has 1 aromatic heterocycles. The third-order valence-electron chi connectivity index (χ3n) is 5.06. The second-order valence-electron chi connectivity index (χ2n) is 8.73. The Hall–Kier alpha value is -3.14. The number of benzene rings is 1. The Morgan fingerprint density at radius 1 is 1.25 bits per heavy atom. The standard InChI is InChI=1S/C22H26N4O5S/c1-13(27)26-11-17(30-16-8-6-5-7-15(16)26)19(28)24-20-23-14-9-10-25(12-18(14)32-20)21(29)31-22(2,3)4/h5-8,17H,9-12H2,1-4H3,(H,23,24,28)/t17-/m0/s1. The largest absolute Gasteiger partial charge is 0.476 e. The number of nitrogens with zero attached hydrogens (tertiary/aromatic N) is 3. The minimum Gasteiger partial charge on any atom is -0.476 e. The summed E-state index contributed by atoms with van der Waals surface area (Å²) in [7, 11) is 0. The first-order valence-electron chi connectivity index (χ1n) is 10.4. The summed E-state index contributed by atoms with van der Waals surface area (Å²) in [6.07, 6.45) is -0.624. The Labute approximate surface area is 190 Å². The Kier molecular flexibility index (Phi) is 5.81. The van der Waals surface area contributed by atoms with Crippen molar-refractivity contribution in [2.75, 3.05) is 23.3 Å². The lowest BCUT2D eigenvalue weighted by atomic mass is 10.1. The molecule has 2 aliphatic rings. The summed E-state index contributed by atoms with van der Waals surface area (Å²) >= 11 is 1.33. The lowest BCUT2D eigenvalue weighted by Gasteiger charge is -2.33. The molecule has 0 saturated carbocycles. The van der Waals surface area contributed by atoms with Gasteiger partial charge in [0.2, 0.25) is 5.91 Å². The van der Waals surface area contributed by atoms with E-state index in [0.29, 0.717) is 36.1 Å². The van der Waals surface area contributed by atoms with E-state index < -0.39 is 11.7 Å². The van der Waals surface area contributed by atoms with Crippen LogP contribution in [0.4, 0.5) is 15.6 Å². The quantitative estimate of drug-likeness (QED) is 0.742. The number of thiazole rings is 1. The maximum absolute atomic E-state index is 12.9. The smallest absolute Gasteiger partial charge is 0.410 e. The summed E-state index contributed by atoms with van der Waals surface area (Å²) in [4.78, 5) is 46.0. The van der Waals surface area contributed by atoms with E-state index in [1.165, 1.54) is 23.2 Å². The van der Waals surface area contributed by atoms with Crippen molar-refractivity contribution in [3.63, 3.8) is 0 Å². The zero-order chi connectivity index (χ0) is 23.0. The number of hydrogen-bond acceptors (Lipinski definition) is 7. The number of carbonyl (C=O) groups excluding carboxylic acids is 3. The van der Waals surface area contributed by atoms with Gasteiger partial charge in [0.05, 0.1) is 24.5 Å². The van der Waals surface area contributed by atoms with Crippen molar-refractivity contribution in [3.05, 3.63) is 34.8 Å². The monoisotopic (exact) mass is 458 g/mol. The topological polar surface area (TPSA) is 101 Å². The first-order valence-corrected chi connectivity index (χ1v) is 11.2. The molecule has 0 spiro atoms. The Balaban J connectivity index is 1.43. The highest BCUT2D eigenvalue weighted by Crippen LogP contribution is 2.34. The van der Waals surface area contributed by atoms with Gasteiger partial charge in [-0.3, -0.25) is 14.9 Å². The number of amides is 3. The van der Waals surface area contributed by atoms with E-state index in [2.05, 4.69) is 10.3 Å². The molecule has 10 heteroatoms. The summed E-state index contributed by atoms with van der Waals surface area (Å²) < 4.78 is 11.3. The van der Waals surface area contributed by atoms with Gasteiger partial charge in [-0.05, 0) is 32.9 Å². The molecule has 2 aromatic rings. The molecule has 1 atom stereocenters. The first-order chi connectivity index (χ1) is 15.1. The van der Waals surface area contributed by atoms with Crippen molar-refractivity contribution in [2.24, 2.45) is 0 Å². The van der Waals surface area contributed by atoms with Gasteiger partial charge in [0.1, 0.15) is 11.4 Å². The van der Waals surface area contributed by atoms with E-state index in [-0.39, 0.29) is 24.5 Å². The number of nitrogens with one attached hydrogen (secondary N) is 1. The molecule has 0 fully saturated rings. The minimum atomic E-state index is -0.854. The predicted molar refractivity (Wildman–Crippen MR) is 120 cm³/mol. The zero-order valence-electron chi connectivity index (χ0n) is 18.5. The average molecular weight is 459 g/mol. The molecule has 32 heavy (non-hydrogen) atoms. The molecule has 1 aromatic carbocycles. The van der Waals surface area contributed by atoms with E-state index in [4.69, 9.17) is 9.47 Å². The summed E-state index contributed by atoms with van der Waals surface area (Å²) in [5, 5.41) is 3.26. The highest BCUT2D eigenvalue weighted by Gasteiger charge is 2.34. The molecule has 0 saturated heterocycles. The normalized spacial score (nSPS) is 17.7. The van der Waals surface area contributed by atoms with Crippen LogP contribution in [0.1, 0.15) is 38.3 Å². The Morgan fingerprint density at radius 2 is 2.00 bits per heavy atom. The number of carbonyl (C=O) groups is 3. The Morgan fingerprint density at radius 3 is 2.72 bits per heavy atom. The molecule has 3 heterocycles. The maximum Gasteiger partial charge on any atom is 0.410 e. The second-order valence-corrected chi connectivity index (χ2v) is 9.82. The average Bonchev–Trinajstić information content (AvgIpc) is 3.12. The fourth-order valence-corrected chi connectivity index (χ4v) is 4.61. The van der Waals surface area contributed by atoms with E-state index >= 15 is 0 Å². The van der Waals surface area contributed by atoms with Gasteiger partial charge >= 0.3 is 6.09 Å². The molecule has 0 aliphatic carbocycles. The molecule has 170 valence electrons. The van der Waals surface area contributed by atoms with E-state index in [1.54, 1.807) is 23.1 Å². The number of fused-ring (bicyclic) bond motifs is 2. The lowest BCUT2D eigenvalue weighted by Crippen LogP contribution is -2.48. The van der Waals surface area contributed by atoms with E-state index in [0.717, 1.165) is 10.6 Å². The van der Waals surface area contributed by atoms with Gasteiger partial charge in [0.15, 0.2) is 11.2 Å². The number of ether oxygens (including phenoxy) is 2. The third-order valence-corrected chi connectivity index (χ3v) is 6.06. The third kappa shape index (κ3) is 4.69. The fourth-order valence-electron chi connectivity index (χ4n) is 3.59. The molecule has 2 aliphatic heterocycles. The molecule has 9 nitrogen and oxygen atoms in total. The van der Waals surface area contributed by atoms with Gasteiger partial charge in [-0.2, -0.15) is 0 Å². The van der Waals surface area contributed by atoms with Crippen LogP contribution in [0.5, 0.6) is 5.75 Å². The predicted octanol–water partition coefficient (Wildman–Crippen LogP) is 3.19. The van der Waals surface area contributed by atoms with Gasteiger partial charge in [0, 0.05) is 24.8 Å². The maximum atomic E-state index is 12.9. The van der Waals surface area contributed by atoms with Crippen molar-refractivity contribution in [1.29, 1.82) is 0 Å². The van der Waals surface area contributed by atoms with Crippen molar-refractivity contribution in [2.45, 2.75) is 52.4 Å². The van der Waals surface area contributed by atoms with Gasteiger partial charge < -0.3 is 19.3 Å². The lowest BCUT2D eigenvalue weighted by molar-refractivity contribution is -0.123. The van der Waals surface area contributed by atoms with Gasteiger partial charge in [-0.1, -0.05) is 23.5 Å². The van der Waals surface area contributed by atoms with Gasteiger partial charge in [0.25, 0.3) is 5.91 Å². The van der Waals surface area contributed by atoms with Gasteiger partial charge in [-0.25, -0.2) is 9.78 Å². The van der Waals surface area contributed by atoms with Crippen LogP contribution in [0.2, 0.25) is 0 Å². The number of aromatic nitrogens is 1. The molecular weight excluding hydrogens is 432 g/mol. The zero-order valence-corrected chi connectivity index (χ0v) is 19.3. The first kappa shape index (κ1) is 22.1. The minimum absolute atomic E-state index is 0.121. The summed E-state index contributed by atoms with van der Waals surface area (Å²) in [6, 6.07) is 7.14. The summed E-state index contributed by atoms with van der Waals surface area (Å²) in [5.41, 5.74) is 0.956. The SMILES string of the molecule is CC(=O)N1C[C@@H](C(=O)Nc2nc3c(s2)CN(C(=O)OC(C)(C)C)CC3)Oc2ccccc21.